The minimum atomic E-state index is 0.253. The molecule has 20 heavy (non-hydrogen) atoms. The third-order valence-electron chi connectivity index (χ3n) is 2.76. The summed E-state index contributed by atoms with van der Waals surface area (Å²) in [4.78, 5) is 4.52. The molecule has 2 N–H and O–H groups in total. The van der Waals surface area contributed by atoms with Gasteiger partial charge in [-0.2, -0.15) is 0 Å². The van der Waals surface area contributed by atoms with Crippen LogP contribution in [0.15, 0.2) is 53.9 Å². The third kappa shape index (κ3) is 2.92. The summed E-state index contributed by atoms with van der Waals surface area (Å²) in [5.41, 5.74) is 2.80. The van der Waals surface area contributed by atoms with E-state index in [2.05, 4.69) is 10.3 Å². The van der Waals surface area contributed by atoms with Crippen molar-refractivity contribution in [2.24, 2.45) is 0 Å². The SMILES string of the molecule is Oc1ccc(-c2csc(Nc3ccc(Cl)cc3)n2)cc1. The van der Waals surface area contributed by atoms with Gasteiger partial charge >= 0.3 is 0 Å². The Morgan fingerprint density at radius 1 is 1.00 bits per heavy atom. The number of nitrogens with zero attached hydrogens (tertiary/aromatic N) is 1. The summed E-state index contributed by atoms with van der Waals surface area (Å²) in [5, 5.41) is 16.0. The smallest absolute Gasteiger partial charge is 0.187 e. The van der Waals surface area contributed by atoms with E-state index in [0.29, 0.717) is 5.02 Å². The predicted molar refractivity (Wildman–Crippen MR) is 83.9 cm³/mol. The first kappa shape index (κ1) is 13.0. The van der Waals surface area contributed by atoms with Crippen molar-refractivity contribution in [3.8, 4) is 17.0 Å². The molecular formula is C15H11ClN2OS. The van der Waals surface area contributed by atoms with Crippen molar-refractivity contribution in [3.63, 3.8) is 0 Å². The molecule has 0 unspecified atom stereocenters. The van der Waals surface area contributed by atoms with Crippen molar-refractivity contribution in [2.45, 2.75) is 0 Å². The molecule has 0 amide bonds. The highest BCUT2D eigenvalue weighted by atomic mass is 35.5. The molecule has 5 heteroatoms. The Bertz CT molecular complexity index is 707. The first-order valence-electron chi connectivity index (χ1n) is 5.98. The fourth-order valence-corrected chi connectivity index (χ4v) is 2.62. The quantitative estimate of drug-likeness (QED) is 0.722. The number of aromatic hydroxyl groups is 1. The largest absolute Gasteiger partial charge is 0.508 e. The standard InChI is InChI=1S/C15H11ClN2OS/c16-11-3-5-12(6-4-11)17-15-18-14(9-20-15)10-1-7-13(19)8-2-10/h1-9,19H,(H,17,18). The van der Waals surface area contributed by atoms with Gasteiger partial charge in [0.15, 0.2) is 5.13 Å². The van der Waals surface area contributed by atoms with E-state index < -0.39 is 0 Å². The van der Waals surface area contributed by atoms with Crippen molar-refractivity contribution in [3.05, 3.63) is 58.9 Å². The van der Waals surface area contributed by atoms with Crippen molar-refractivity contribution >= 4 is 33.8 Å². The average Bonchev–Trinajstić information content (AvgIpc) is 2.91. The number of phenols is 1. The summed E-state index contributed by atoms with van der Waals surface area (Å²) >= 11 is 7.38. The maximum absolute atomic E-state index is 9.29. The Morgan fingerprint density at radius 3 is 2.40 bits per heavy atom. The van der Waals surface area contributed by atoms with Crippen LogP contribution in [0, 0.1) is 0 Å². The lowest BCUT2D eigenvalue weighted by molar-refractivity contribution is 0.475. The number of nitrogens with one attached hydrogen (secondary N) is 1. The maximum Gasteiger partial charge on any atom is 0.187 e. The van der Waals surface area contributed by atoms with E-state index >= 15 is 0 Å². The molecule has 0 saturated heterocycles. The number of aromatic nitrogens is 1. The second kappa shape index (κ2) is 5.53. The second-order valence-electron chi connectivity index (χ2n) is 4.22. The van der Waals surface area contributed by atoms with Gasteiger partial charge in [-0.25, -0.2) is 4.98 Å². The molecule has 1 aromatic heterocycles. The van der Waals surface area contributed by atoms with E-state index in [1.165, 1.54) is 11.3 Å². The van der Waals surface area contributed by atoms with Gasteiger partial charge < -0.3 is 10.4 Å². The van der Waals surface area contributed by atoms with Crippen LogP contribution in [0.1, 0.15) is 0 Å². The number of benzene rings is 2. The van der Waals surface area contributed by atoms with Crippen molar-refractivity contribution in [2.75, 3.05) is 5.32 Å². The lowest BCUT2D eigenvalue weighted by Gasteiger charge is -2.02. The summed E-state index contributed by atoms with van der Waals surface area (Å²) in [5.74, 6) is 0.253. The predicted octanol–water partition coefficient (Wildman–Crippen LogP) is 4.91. The van der Waals surface area contributed by atoms with Crippen LogP contribution in [0.2, 0.25) is 5.02 Å². The van der Waals surface area contributed by atoms with Crippen molar-refractivity contribution < 1.29 is 5.11 Å². The number of thiazole rings is 1. The number of rotatable bonds is 3. The molecule has 1 heterocycles. The summed E-state index contributed by atoms with van der Waals surface area (Å²) in [6.45, 7) is 0. The molecule has 3 nitrogen and oxygen atoms in total. The van der Waals surface area contributed by atoms with Crippen LogP contribution in [-0.2, 0) is 0 Å². The van der Waals surface area contributed by atoms with Gasteiger partial charge in [-0.15, -0.1) is 11.3 Å². The van der Waals surface area contributed by atoms with Crippen LogP contribution in [-0.4, -0.2) is 10.1 Å². The minimum absolute atomic E-state index is 0.253. The second-order valence-corrected chi connectivity index (χ2v) is 5.51. The fraction of sp³-hybridized carbons (Fsp3) is 0. The molecule has 0 fully saturated rings. The summed E-state index contributed by atoms with van der Waals surface area (Å²) < 4.78 is 0. The van der Waals surface area contributed by atoms with Crippen molar-refractivity contribution in [1.29, 1.82) is 0 Å². The van der Waals surface area contributed by atoms with Gasteiger partial charge in [-0.1, -0.05) is 11.6 Å². The van der Waals surface area contributed by atoms with Gasteiger partial charge in [0.05, 0.1) is 5.69 Å². The Balaban J connectivity index is 1.80. The van der Waals surface area contributed by atoms with Gasteiger partial charge in [0, 0.05) is 21.7 Å². The van der Waals surface area contributed by atoms with Crippen LogP contribution >= 0.6 is 22.9 Å². The lowest BCUT2D eigenvalue weighted by atomic mass is 10.2. The number of phenolic OH excluding ortho intramolecular Hbond substituents is 1. The molecule has 0 saturated carbocycles. The third-order valence-corrected chi connectivity index (χ3v) is 3.77. The van der Waals surface area contributed by atoms with Gasteiger partial charge in [0.1, 0.15) is 5.75 Å². The molecule has 2 aromatic carbocycles. The molecule has 0 aliphatic heterocycles. The van der Waals surface area contributed by atoms with E-state index in [1.807, 2.05) is 41.8 Å². The molecule has 0 spiro atoms. The Morgan fingerprint density at radius 2 is 1.70 bits per heavy atom. The Hall–Kier alpha value is -2.04. The first-order chi connectivity index (χ1) is 9.70. The number of halogens is 1. The number of hydrogen-bond donors (Lipinski definition) is 2. The van der Waals surface area contributed by atoms with E-state index in [9.17, 15) is 5.11 Å². The summed E-state index contributed by atoms with van der Waals surface area (Å²) in [6, 6.07) is 14.5. The molecule has 0 atom stereocenters. The van der Waals surface area contributed by atoms with Crippen LogP contribution < -0.4 is 5.32 Å². The highest BCUT2D eigenvalue weighted by Crippen LogP contribution is 2.28. The van der Waals surface area contributed by atoms with Crippen LogP contribution in [0.4, 0.5) is 10.8 Å². The summed E-state index contributed by atoms with van der Waals surface area (Å²) in [6.07, 6.45) is 0. The van der Waals surface area contributed by atoms with E-state index in [-0.39, 0.29) is 5.75 Å². The molecule has 0 aliphatic rings. The molecular weight excluding hydrogens is 292 g/mol. The average molecular weight is 303 g/mol. The van der Waals surface area contributed by atoms with Gasteiger partial charge in [0.25, 0.3) is 0 Å². The van der Waals surface area contributed by atoms with Crippen LogP contribution in [0.25, 0.3) is 11.3 Å². The highest BCUT2D eigenvalue weighted by Gasteiger charge is 2.05. The molecule has 0 bridgehead atoms. The fourth-order valence-electron chi connectivity index (χ4n) is 1.75. The van der Waals surface area contributed by atoms with Gasteiger partial charge in [-0.05, 0) is 48.5 Å². The van der Waals surface area contributed by atoms with E-state index in [4.69, 9.17) is 11.6 Å². The van der Waals surface area contributed by atoms with Crippen LogP contribution in [0.5, 0.6) is 5.75 Å². The molecule has 3 rings (SSSR count). The molecule has 0 radical (unpaired) electrons. The van der Waals surface area contributed by atoms with Gasteiger partial charge in [-0.3, -0.25) is 0 Å². The lowest BCUT2D eigenvalue weighted by Crippen LogP contribution is -1.88. The maximum atomic E-state index is 9.29. The number of hydrogen-bond acceptors (Lipinski definition) is 4. The number of anilines is 2. The zero-order valence-corrected chi connectivity index (χ0v) is 11.9. The highest BCUT2D eigenvalue weighted by molar-refractivity contribution is 7.14. The minimum Gasteiger partial charge on any atom is -0.508 e. The van der Waals surface area contributed by atoms with Crippen LogP contribution in [0.3, 0.4) is 0 Å². The van der Waals surface area contributed by atoms with Crippen molar-refractivity contribution in [1.82, 2.24) is 4.98 Å². The van der Waals surface area contributed by atoms with Gasteiger partial charge in [0.2, 0.25) is 0 Å². The summed E-state index contributed by atoms with van der Waals surface area (Å²) in [7, 11) is 0. The first-order valence-corrected chi connectivity index (χ1v) is 7.24. The zero-order chi connectivity index (χ0) is 13.9. The zero-order valence-electron chi connectivity index (χ0n) is 10.4. The monoisotopic (exact) mass is 302 g/mol. The molecule has 0 aliphatic carbocycles. The molecule has 3 aromatic rings. The molecule has 100 valence electrons. The van der Waals surface area contributed by atoms with E-state index in [1.54, 1.807) is 12.1 Å². The Kier molecular flexibility index (Phi) is 3.58. The Labute approximate surface area is 125 Å². The topological polar surface area (TPSA) is 45.1 Å². The van der Waals surface area contributed by atoms with E-state index in [0.717, 1.165) is 22.1 Å². The normalized spacial score (nSPS) is 10.4.